The van der Waals surface area contributed by atoms with Gasteiger partial charge in [0, 0.05) is 25.2 Å². The molecule has 0 aromatic heterocycles. The number of hydroxylamine groups is 1. The molecule has 5 rings (SSSR count). The van der Waals surface area contributed by atoms with Gasteiger partial charge in [-0.1, -0.05) is 26.7 Å². The highest BCUT2D eigenvalue weighted by Gasteiger charge is 2.54. The fourth-order valence-corrected chi connectivity index (χ4v) is 11.2. The molecule has 3 aliphatic heterocycles. The zero-order valence-electron chi connectivity index (χ0n) is 23.0. The molecule has 3 heterocycles. The zero-order chi connectivity index (χ0) is 25.6. The van der Waals surface area contributed by atoms with Crippen molar-refractivity contribution in [2.75, 3.05) is 26.2 Å². The van der Waals surface area contributed by atoms with E-state index in [0.29, 0.717) is 24.9 Å². The van der Waals surface area contributed by atoms with Gasteiger partial charge < -0.3 is 5.11 Å². The van der Waals surface area contributed by atoms with E-state index in [2.05, 4.69) is 24.2 Å². The molecule has 0 aromatic carbocycles. The molecule has 7 unspecified atom stereocenters. The van der Waals surface area contributed by atoms with E-state index in [1.807, 2.05) is 13.8 Å². The summed E-state index contributed by atoms with van der Waals surface area (Å²) in [6.07, 6.45) is 10.8. The predicted molar refractivity (Wildman–Crippen MR) is 143 cm³/mol. The fraction of sp³-hybridized carbons (Fsp3) is 1.00. The topological polar surface area (TPSA) is 82.1 Å². The van der Waals surface area contributed by atoms with Crippen molar-refractivity contribution in [2.45, 2.75) is 115 Å². The third kappa shape index (κ3) is 4.92. The van der Waals surface area contributed by atoms with Crippen LogP contribution in [0.15, 0.2) is 0 Å². The first-order valence-electron chi connectivity index (χ1n) is 15.0. The summed E-state index contributed by atoms with van der Waals surface area (Å²) in [6.45, 7) is 11.0. The molecule has 5 fully saturated rings. The van der Waals surface area contributed by atoms with Crippen LogP contribution in [0.25, 0.3) is 0 Å². The van der Waals surface area contributed by atoms with Gasteiger partial charge in [-0.15, -0.1) is 0 Å². The van der Waals surface area contributed by atoms with Gasteiger partial charge in [0.05, 0.1) is 18.8 Å². The lowest BCUT2D eigenvalue weighted by molar-refractivity contribution is -0.123. The number of aliphatic hydroxyl groups excluding tert-OH is 1. The second-order valence-corrected chi connectivity index (χ2v) is 15.1. The van der Waals surface area contributed by atoms with E-state index < -0.39 is 15.3 Å². The minimum absolute atomic E-state index is 0.194. The van der Waals surface area contributed by atoms with Crippen LogP contribution in [0.1, 0.15) is 85.5 Å². The van der Waals surface area contributed by atoms with Gasteiger partial charge in [-0.2, -0.15) is 9.79 Å². The molecule has 0 spiro atoms. The summed E-state index contributed by atoms with van der Waals surface area (Å²) in [7, 11) is -3.48. The maximum absolute atomic E-state index is 13.8. The van der Waals surface area contributed by atoms with E-state index >= 15 is 0 Å². The second kappa shape index (κ2) is 11.1. The van der Waals surface area contributed by atoms with Crippen LogP contribution >= 0.6 is 0 Å². The molecule has 9 atom stereocenters. The van der Waals surface area contributed by atoms with Crippen LogP contribution in [0.2, 0.25) is 0 Å². The molecule has 2 saturated carbocycles. The number of nitrogens with zero attached hydrogens (tertiary/aromatic N) is 2. The van der Waals surface area contributed by atoms with E-state index in [9.17, 15) is 13.5 Å². The lowest BCUT2D eigenvalue weighted by Crippen LogP contribution is -2.71. The molecule has 0 amide bonds. The van der Waals surface area contributed by atoms with Crippen LogP contribution in [0.4, 0.5) is 0 Å². The van der Waals surface area contributed by atoms with Crippen molar-refractivity contribution in [3.05, 3.63) is 0 Å². The number of hydrogen-bond donors (Lipinski definition) is 2. The van der Waals surface area contributed by atoms with Crippen LogP contribution < -0.4 is 5.48 Å². The summed E-state index contributed by atoms with van der Waals surface area (Å²) in [5.74, 6) is 4.45. The van der Waals surface area contributed by atoms with Crippen molar-refractivity contribution in [2.24, 2.45) is 35.5 Å². The van der Waals surface area contributed by atoms with Gasteiger partial charge in [0.1, 0.15) is 5.25 Å². The van der Waals surface area contributed by atoms with E-state index in [-0.39, 0.29) is 30.8 Å². The predicted octanol–water partition coefficient (Wildman–Crippen LogP) is 3.63. The van der Waals surface area contributed by atoms with Crippen LogP contribution in [0, 0.1) is 35.5 Å². The molecule has 0 aromatic rings. The van der Waals surface area contributed by atoms with Crippen molar-refractivity contribution in [3.63, 3.8) is 0 Å². The largest absolute Gasteiger partial charge is 0.395 e. The molecule has 36 heavy (non-hydrogen) atoms. The maximum atomic E-state index is 13.8. The van der Waals surface area contributed by atoms with E-state index in [0.717, 1.165) is 43.1 Å². The SMILES string of the molecule is CC1CCCC(C2CCC([C@H]3C4CN(S(=O)(=O)C5C(C)NOC5C)CCCCN4[C@@H]3CO)CC2)C1C. The Bertz CT molecular complexity index is 838. The number of hydrogen-bond acceptors (Lipinski definition) is 6. The molecule has 208 valence electrons. The first-order chi connectivity index (χ1) is 17.2. The molecule has 5 aliphatic rings. The number of aliphatic hydroxyl groups is 1. The van der Waals surface area contributed by atoms with Crippen molar-refractivity contribution in [1.82, 2.24) is 14.7 Å². The summed E-state index contributed by atoms with van der Waals surface area (Å²) >= 11 is 0. The van der Waals surface area contributed by atoms with Gasteiger partial charge in [-0.25, -0.2) is 8.42 Å². The lowest BCUT2D eigenvalue weighted by atomic mass is 9.60. The molecule has 7 nitrogen and oxygen atoms in total. The number of rotatable bonds is 5. The monoisotopic (exact) mass is 525 g/mol. The molecule has 8 heteroatoms. The highest BCUT2D eigenvalue weighted by molar-refractivity contribution is 7.89. The minimum atomic E-state index is -3.48. The first-order valence-corrected chi connectivity index (χ1v) is 16.5. The van der Waals surface area contributed by atoms with Gasteiger partial charge in [0.2, 0.25) is 10.0 Å². The van der Waals surface area contributed by atoms with Crippen molar-refractivity contribution in [1.29, 1.82) is 0 Å². The number of nitrogens with one attached hydrogen (secondary N) is 1. The zero-order valence-corrected chi connectivity index (χ0v) is 23.8. The van der Waals surface area contributed by atoms with Crippen LogP contribution in [-0.2, 0) is 14.9 Å². The van der Waals surface area contributed by atoms with E-state index in [4.69, 9.17) is 4.84 Å². The Morgan fingerprint density at radius 1 is 0.917 bits per heavy atom. The second-order valence-electron chi connectivity index (χ2n) is 13.0. The number of fused-ring (bicyclic) bond motifs is 1. The standard InChI is InChI=1S/C28H51N3O4S/c1-18-8-7-9-24(19(18)2)22-10-12-23(13-11-22)27-25-16-30(14-5-6-15-31(25)26(27)17-32)36(33,34)28-20(3)29-35-21(28)4/h18-29,32H,5-17H2,1-4H3/t18?,19?,20?,21?,22?,23?,24?,25?,26-,27+,28?/m1/s1. The molecule has 2 N–H and O–H groups in total. The summed E-state index contributed by atoms with van der Waals surface area (Å²) in [5, 5.41) is 9.83. The van der Waals surface area contributed by atoms with Gasteiger partial charge >= 0.3 is 0 Å². The van der Waals surface area contributed by atoms with E-state index in [1.54, 1.807) is 4.31 Å². The summed E-state index contributed by atoms with van der Waals surface area (Å²) in [6, 6.07) is 0.213. The maximum Gasteiger partial charge on any atom is 0.221 e. The minimum Gasteiger partial charge on any atom is -0.395 e. The Morgan fingerprint density at radius 3 is 2.28 bits per heavy atom. The van der Waals surface area contributed by atoms with Crippen molar-refractivity contribution in [3.8, 4) is 0 Å². The fourth-order valence-electron chi connectivity index (χ4n) is 9.04. The molecule has 3 saturated heterocycles. The van der Waals surface area contributed by atoms with Crippen LogP contribution in [-0.4, -0.2) is 78.5 Å². The number of sulfonamides is 1. The highest BCUT2D eigenvalue weighted by atomic mass is 32.2. The Balaban J connectivity index is 1.28. The highest BCUT2D eigenvalue weighted by Crippen LogP contribution is 2.50. The summed E-state index contributed by atoms with van der Waals surface area (Å²) in [5.41, 5.74) is 2.89. The average molecular weight is 526 g/mol. The molecular weight excluding hydrogens is 474 g/mol. The van der Waals surface area contributed by atoms with Gasteiger partial charge in [-0.05, 0) is 101 Å². The Kier molecular flexibility index (Phi) is 8.41. The quantitative estimate of drug-likeness (QED) is 0.571. The van der Waals surface area contributed by atoms with Crippen LogP contribution in [0.3, 0.4) is 0 Å². The molecule has 0 bridgehead atoms. The molecular formula is C28H51N3O4S. The molecule has 2 aliphatic carbocycles. The van der Waals surface area contributed by atoms with E-state index in [1.165, 1.54) is 44.9 Å². The third-order valence-electron chi connectivity index (χ3n) is 11.2. The van der Waals surface area contributed by atoms with Crippen molar-refractivity contribution < 1.29 is 18.4 Å². The third-order valence-corrected chi connectivity index (χ3v) is 13.8. The summed E-state index contributed by atoms with van der Waals surface area (Å²) in [4.78, 5) is 7.94. The normalized spacial score (nSPS) is 47.5. The van der Waals surface area contributed by atoms with Gasteiger partial charge in [0.15, 0.2) is 0 Å². The van der Waals surface area contributed by atoms with Crippen LogP contribution in [0.5, 0.6) is 0 Å². The Hall–Kier alpha value is -0.250. The lowest BCUT2D eigenvalue weighted by Gasteiger charge is -2.60. The Morgan fingerprint density at radius 2 is 1.61 bits per heavy atom. The average Bonchev–Trinajstić information content (AvgIpc) is 3.18. The molecule has 0 radical (unpaired) electrons. The Labute approximate surface area is 219 Å². The van der Waals surface area contributed by atoms with Gasteiger partial charge in [0.25, 0.3) is 0 Å². The van der Waals surface area contributed by atoms with Gasteiger partial charge in [-0.3, -0.25) is 9.74 Å². The smallest absolute Gasteiger partial charge is 0.221 e. The van der Waals surface area contributed by atoms with Crippen molar-refractivity contribution >= 4 is 10.0 Å². The first kappa shape index (κ1) is 27.3. The summed E-state index contributed by atoms with van der Waals surface area (Å²) < 4.78 is 29.4.